The van der Waals surface area contributed by atoms with Crippen molar-refractivity contribution in [1.29, 1.82) is 0 Å². The van der Waals surface area contributed by atoms with E-state index >= 15 is 0 Å². The van der Waals surface area contributed by atoms with Crippen LogP contribution in [-0.4, -0.2) is 59.3 Å². The van der Waals surface area contributed by atoms with Crippen LogP contribution >= 0.6 is 0 Å². The number of imide groups is 1. The van der Waals surface area contributed by atoms with Gasteiger partial charge in [-0.25, -0.2) is 14.5 Å². The summed E-state index contributed by atoms with van der Waals surface area (Å²) in [5, 5.41) is 16.2. The highest BCUT2D eigenvalue weighted by atomic mass is 16.6. The lowest BCUT2D eigenvalue weighted by molar-refractivity contribution is -0.139. The maximum Gasteiger partial charge on any atom is 0.418 e. The lowest BCUT2D eigenvalue weighted by atomic mass is 9.94. The van der Waals surface area contributed by atoms with Crippen LogP contribution in [0.3, 0.4) is 0 Å². The summed E-state index contributed by atoms with van der Waals surface area (Å²) in [4.78, 5) is 40.8. The number of hydrogen-bond acceptors (Lipinski definition) is 6. The Balaban J connectivity index is 1.32. The van der Waals surface area contributed by atoms with Crippen molar-refractivity contribution in [2.75, 3.05) is 25.5 Å². The maximum atomic E-state index is 13.5. The van der Waals surface area contributed by atoms with Gasteiger partial charge in [0.05, 0.1) is 6.54 Å². The molecule has 0 radical (unpaired) electrons. The zero-order valence-electron chi connectivity index (χ0n) is 19.0. The van der Waals surface area contributed by atoms with Gasteiger partial charge in [-0.2, -0.15) is 0 Å². The predicted molar refractivity (Wildman–Crippen MR) is 124 cm³/mol. The van der Waals surface area contributed by atoms with Gasteiger partial charge in [-0.1, -0.05) is 30.3 Å². The normalized spacial score (nSPS) is 22.7. The van der Waals surface area contributed by atoms with Gasteiger partial charge in [0.2, 0.25) is 5.60 Å². The van der Waals surface area contributed by atoms with Crippen LogP contribution in [0.4, 0.5) is 15.3 Å². The number of hydrogen-bond donors (Lipinski definition) is 3. The monoisotopic (exact) mass is 464 g/mol. The molecule has 9 nitrogen and oxygen atoms in total. The molecule has 2 aliphatic heterocycles. The minimum atomic E-state index is -1.37. The quantitative estimate of drug-likeness (QED) is 0.641. The second-order valence-corrected chi connectivity index (χ2v) is 9.01. The molecule has 9 heteroatoms. The Morgan fingerprint density at radius 3 is 2.74 bits per heavy atom. The SMILES string of the molecule is CNC(=O)Nc1ccc2c(c1)CCC21OC(=O)N(CC(O)N2CCCc3ccccc3C2)C1=O. The van der Waals surface area contributed by atoms with E-state index in [1.54, 1.807) is 18.2 Å². The molecule has 2 atom stereocenters. The summed E-state index contributed by atoms with van der Waals surface area (Å²) in [6.45, 7) is 1.08. The number of benzene rings is 2. The zero-order valence-corrected chi connectivity index (χ0v) is 19.0. The number of aryl methyl sites for hydroxylation is 2. The highest BCUT2D eigenvalue weighted by molar-refractivity contribution is 6.04. The van der Waals surface area contributed by atoms with Crippen LogP contribution in [0.25, 0.3) is 0 Å². The molecule has 0 bridgehead atoms. The van der Waals surface area contributed by atoms with E-state index in [2.05, 4.69) is 16.7 Å². The van der Waals surface area contributed by atoms with Crippen molar-refractivity contribution >= 4 is 23.7 Å². The smallest absolute Gasteiger partial charge is 0.418 e. The second kappa shape index (κ2) is 8.73. The van der Waals surface area contributed by atoms with Crippen molar-refractivity contribution < 1.29 is 24.2 Å². The Kier molecular flexibility index (Phi) is 5.75. The van der Waals surface area contributed by atoms with Crippen LogP contribution in [0.2, 0.25) is 0 Å². The molecule has 3 N–H and O–H groups in total. The number of amides is 4. The molecular formula is C25H28N4O5. The lowest BCUT2D eigenvalue weighted by Gasteiger charge is -2.28. The molecule has 2 aromatic carbocycles. The predicted octanol–water partition coefficient (Wildman–Crippen LogP) is 2.33. The van der Waals surface area contributed by atoms with Crippen molar-refractivity contribution in [3.63, 3.8) is 0 Å². The van der Waals surface area contributed by atoms with Gasteiger partial charge in [-0.15, -0.1) is 0 Å². The third-order valence-corrected chi connectivity index (χ3v) is 6.99. The molecule has 178 valence electrons. The first-order chi connectivity index (χ1) is 16.4. The first-order valence-corrected chi connectivity index (χ1v) is 11.6. The summed E-state index contributed by atoms with van der Waals surface area (Å²) in [5.74, 6) is -0.447. The van der Waals surface area contributed by atoms with Crippen LogP contribution in [0.1, 0.15) is 35.1 Å². The van der Waals surface area contributed by atoms with E-state index in [0.29, 0.717) is 37.2 Å². The maximum absolute atomic E-state index is 13.5. The van der Waals surface area contributed by atoms with Crippen molar-refractivity contribution in [1.82, 2.24) is 15.1 Å². The Bertz CT molecular complexity index is 1150. The fourth-order valence-corrected chi connectivity index (χ4v) is 5.20. The van der Waals surface area contributed by atoms with Gasteiger partial charge in [0, 0.05) is 37.8 Å². The average Bonchev–Trinajstić information content (AvgIpc) is 3.19. The molecule has 2 heterocycles. The molecule has 5 rings (SSSR count). The number of fused-ring (bicyclic) bond motifs is 3. The number of nitrogens with one attached hydrogen (secondary N) is 2. The molecule has 3 aliphatic rings. The van der Waals surface area contributed by atoms with E-state index < -0.39 is 23.8 Å². The number of carbonyl (C=O) groups is 3. The van der Waals surface area contributed by atoms with Crippen LogP contribution < -0.4 is 10.6 Å². The largest absolute Gasteiger partial charge is 0.427 e. The Morgan fingerprint density at radius 1 is 1.15 bits per heavy atom. The standard InChI is InChI=1S/C25H28N4O5/c1-26-23(32)27-19-8-9-20-17(13-19)10-11-25(20)22(31)29(24(33)34-25)15-21(30)28-12-4-7-16-5-2-3-6-18(16)14-28/h2-3,5-6,8-9,13,21,30H,4,7,10-12,14-15H2,1H3,(H2,26,27,32). The van der Waals surface area contributed by atoms with Crippen LogP contribution in [0, 0.1) is 0 Å². The van der Waals surface area contributed by atoms with E-state index in [4.69, 9.17) is 4.74 Å². The van der Waals surface area contributed by atoms with Crippen molar-refractivity contribution in [2.24, 2.45) is 0 Å². The second-order valence-electron chi connectivity index (χ2n) is 9.01. The third-order valence-electron chi connectivity index (χ3n) is 6.99. The number of anilines is 1. The van der Waals surface area contributed by atoms with Crippen LogP contribution in [0.5, 0.6) is 0 Å². The van der Waals surface area contributed by atoms with E-state index in [1.807, 2.05) is 23.1 Å². The third kappa shape index (κ3) is 3.80. The molecular weight excluding hydrogens is 436 g/mol. The fourth-order valence-electron chi connectivity index (χ4n) is 5.20. The summed E-state index contributed by atoms with van der Waals surface area (Å²) in [6.07, 6.45) is 0.964. The van der Waals surface area contributed by atoms with Gasteiger partial charge in [0.25, 0.3) is 5.91 Å². The van der Waals surface area contributed by atoms with Crippen molar-refractivity contribution in [2.45, 2.75) is 44.1 Å². The highest BCUT2D eigenvalue weighted by Crippen LogP contribution is 2.46. The van der Waals surface area contributed by atoms with Crippen molar-refractivity contribution in [3.05, 3.63) is 64.7 Å². The molecule has 1 saturated heterocycles. The van der Waals surface area contributed by atoms with Gasteiger partial charge in [0.1, 0.15) is 6.23 Å². The first-order valence-electron chi connectivity index (χ1n) is 11.6. The molecule has 2 unspecified atom stereocenters. The van der Waals surface area contributed by atoms with Gasteiger partial charge in [-0.05, 0) is 48.1 Å². The molecule has 1 spiro atoms. The van der Waals surface area contributed by atoms with Crippen LogP contribution in [-0.2, 0) is 34.5 Å². The number of aliphatic hydroxyl groups excluding tert-OH is 1. The van der Waals surface area contributed by atoms with Crippen molar-refractivity contribution in [3.8, 4) is 0 Å². The minimum absolute atomic E-state index is 0.146. The first kappa shape index (κ1) is 22.4. The molecule has 4 amide bonds. The minimum Gasteiger partial charge on any atom is -0.427 e. The number of β-amino-alcohol motifs (C(OH)–C–C–N with tert-alkyl or cyclic N) is 1. The fraction of sp³-hybridized carbons (Fsp3) is 0.400. The van der Waals surface area contributed by atoms with Crippen LogP contribution in [0.15, 0.2) is 42.5 Å². The molecule has 1 aliphatic carbocycles. The van der Waals surface area contributed by atoms with Gasteiger partial charge >= 0.3 is 12.1 Å². The highest BCUT2D eigenvalue weighted by Gasteiger charge is 2.58. The van der Waals surface area contributed by atoms with E-state index in [0.717, 1.165) is 28.9 Å². The summed E-state index contributed by atoms with van der Waals surface area (Å²) >= 11 is 0. The number of aliphatic hydroxyl groups is 1. The molecule has 1 fully saturated rings. The summed E-state index contributed by atoms with van der Waals surface area (Å²) in [5.41, 5.74) is 3.12. The number of nitrogens with zero attached hydrogens (tertiary/aromatic N) is 2. The molecule has 2 aromatic rings. The number of rotatable bonds is 4. The topological polar surface area (TPSA) is 111 Å². The molecule has 0 aromatic heterocycles. The number of carbonyl (C=O) groups excluding carboxylic acids is 3. The summed E-state index contributed by atoms with van der Waals surface area (Å²) in [6, 6.07) is 13.0. The Hall–Kier alpha value is -3.43. The number of urea groups is 1. The molecule has 0 saturated carbocycles. The number of ether oxygens (including phenoxy) is 1. The Labute approximate surface area is 197 Å². The average molecular weight is 465 g/mol. The lowest BCUT2D eigenvalue weighted by Crippen LogP contribution is -2.47. The van der Waals surface area contributed by atoms with Gasteiger partial charge in [0.15, 0.2) is 0 Å². The van der Waals surface area contributed by atoms with Gasteiger partial charge in [-0.3, -0.25) is 9.69 Å². The summed E-state index contributed by atoms with van der Waals surface area (Å²) in [7, 11) is 1.53. The molecule has 34 heavy (non-hydrogen) atoms. The van der Waals surface area contributed by atoms with E-state index in [9.17, 15) is 19.5 Å². The van der Waals surface area contributed by atoms with E-state index in [1.165, 1.54) is 12.6 Å². The summed E-state index contributed by atoms with van der Waals surface area (Å²) < 4.78 is 5.68. The Morgan fingerprint density at radius 2 is 1.94 bits per heavy atom. The van der Waals surface area contributed by atoms with E-state index in [-0.39, 0.29) is 12.6 Å². The zero-order chi connectivity index (χ0) is 23.9. The van der Waals surface area contributed by atoms with Gasteiger partial charge < -0.3 is 20.5 Å².